The molecule has 0 spiro atoms. The zero-order valence-electron chi connectivity index (χ0n) is 11.6. The number of aryl methyl sites for hydroxylation is 1. The molecule has 0 aromatic carbocycles. The van der Waals surface area contributed by atoms with E-state index in [1.807, 2.05) is 7.05 Å². The van der Waals surface area contributed by atoms with Gasteiger partial charge in [-0.1, -0.05) is 13.8 Å². The predicted molar refractivity (Wildman–Crippen MR) is 72.2 cm³/mol. The highest BCUT2D eigenvalue weighted by molar-refractivity contribution is 5.16. The highest BCUT2D eigenvalue weighted by Crippen LogP contribution is 2.21. The summed E-state index contributed by atoms with van der Waals surface area (Å²) in [5.74, 6) is 0.615. The molecule has 0 bridgehead atoms. The van der Waals surface area contributed by atoms with Crippen molar-refractivity contribution in [1.29, 1.82) is 0 Å². The molecular weight excluding hydrogens is 212 g/mol. The van der Waals surface area contributed by atoms with Gasteiger partial charge in [0.15, 0.2) is 0 Å². The van der Waals surface area contributed by atoms with Gasteiger partial charge in [0, 0.05) is 38.7 Å². The molecule has 1 aromatic rings. The smallest absolute Gasteiger partial charge is 0.0462 e. The average molecular weight is 238 g/mol. The SMILES string of the molecule is CNC(c1ccn(CCCCOC)c1)C(C)C. The molecule has 0 aliphatic carbocycles. The lowest BCUT2D eigenvalue weighted by Gasteiger charge is -2.18. The lowest BCUT2D eigenvalue weighted by Crippen LogP contribution is -2.21. The van der Waals surface area contributed by atoms with Crippen molar-refractivity contribution in [3.05, 3.63) is 24.0 Å². The summed E-state index contributed by atoms with van der Waals surface area (Å²) in [6.45, 7) is 6.44. The maximum absolute atomic E-state index is 5.05. The number of aromatic nitrogens is 1. The van der Waals surface area contributed by atoms with Gasteiger partial charge < -0.3 is 14.6 Å². The van der Waals surface area contributed by atoms with E-state index in [1.165, 1.54) is 12.0 Å². The van der Waals surface area contributed by atoms with Crippen molar-refractivity contribution in [3.8, 4) is 0 Å². The Labute approximate surface area is 105 Å². The summed E-state index contributed by atoms with van der Waals surface area (Å²) in [5.41, 5.74) is 1.38. The number of nitrogens with one attached hydrogen (secondary N) is 1. The minimum Gasteiger partial charge on any atom is -0.385 e. The molecule has 0 amide bonds. The Morgan fingerprint density at radius 2 is 2.12 bits per heavy atom. The molecule has 0 aliphatic rings. The first-order chi connectivity index (χ1) is 8.19. The molecule has 0 aliphatic heterocycles. The summed E-state index contributed by atoms with van der Waals surface area (Å²) in [5, 5.41) is 3.37. The number of unbranched alkanes of at least 4 members (excludes halogenated alkanes) is 1. The van der Waals surface area contributed by atoms with Crippen LogP contribution in [0.4, 0.5) is 0 Å². The molecule has 1 aromatic heterocycles. The van der Waals surface area contributed by atoms with Crippen LogP contribution in [0.2, 0.25) is 0 Å². The molecule has 3 heteroatoms. The van der Waals surface area contributed by atoms with Gasteiger partial charge >= 0.3 is 0 Å². The minimum absolute atomic E-state index is 0.454. The Morgan fingerprint density at radius 1 is 1.35 bits per heavy atom. The van der Waals surface area contributed by atoms with Crippen LogP contribution in [0.5, 0.6) is 0 Å². The molecule has 17 heavy (non-hydrogen) atoms. The third-order valence-corrected chi connectivity index (χ3v) is 3.12. The van der Waals surface area contributed by atoms with Gasteiger partial charge in [-0.15, -0.1) is 0 Å². The summed E-state index contributed by atoms with van der Waals surface area (Å²) in [7, 11) is 3.79. The monoisotopic (exact) mass is 238 g/mol. The van der Waals surface area contributed by atoms with Gasteiger partial charge in [0.2, 0.25) is 0 Å². The maximum atomic E-state index is 5.05. The first kappa shape index (κ1) is 14.3. The average Bonchev–Trinajstić information content (AvgIpc) is 2.74. The number of rotatable bonds is 8. The van der Waals surface area contributed by atoms with Gasteiger partial charge in [0.25, 0.3) is 0 Å². The molecule has 1 N–H and O–H groups in total. The van der Waals surface area contributed by atoms with Crippen LogP contribution in [0.3, 0.4) is 0 Å². The first-order valence-electron chi connectivity index (χ1n) is 6.51. The Bertz CT molecular complexity index is 307. The van der Waals surface area contributed by atoms with Gasteiger partial charge in [0.05, 0.1) is 0 Å². The quantitative estimate of drug-likeness (QED) is 0.705. The lowest BCUT2D eigenvalue weighted by molar-refractivity contribution is 0.191. The predicted octanol–water partition coefficient (Wildman–Crippen LogP) is 2.83. The van der Waals surface area contributed by atoms with E-state index in [1.54, 1.807) is 7.11 Å². The van der Waals surface area contributed by atoms with E-state index in [9.17, 15) is 0 Å². The molecule has 1 rings (SSSR count). The van der Waals surface area contributed by atoms with Gasteiger partial charge in [-0.2, -0.15) is 0 Å². The molecule has 0 fully saturated rings. The summed E-state index contributed by atoms with van der Waals surface area (Å²) in [6, 6.07) is 2.67. The van der Waals surface area contributed by atoms with E-state index >= 15 is 0 Å². The third kappa shape index (κ3) is 4.52. The first-order valence-corrected chi connectivity index (χ1v) is 6.51. The number of nitrogens with zero attached hydrogens (tertiary/aromatic N) is 1. The molecule has 0 saturated carbocycles. The van der Waals surface area contributed by atoms with Crippen molar-refractivity contribution in [2.45, 2.75) is 39.3 Å². The standard InChI is InChI=1S/C14H26N2O/c1-12(2)14(15-3)13-7-9-16(11-13)8-5-6-10-17-4/h7,9,11-12,14-15H,5-6,8,10H2,1-4H3. The van der Waals surface area contributed by atoms with E-state index in [2.05, 4.69) is 42.2 Å². The number of ether oxygens (including phenoxy) is 1. The second-order valence-corrected chi connectivity index (χ2v) is 4.89. The molecule has 1 atom stereocenters. The molecule has 1 heterocycles. The Balaban J connectivity index is 2.46. The molecular formula is C14H26N2O. The van der Waals surface area contributed by atoms with Crippen molar-refractivity contribution in [2.75, 3.05) is 20.8 Å². The number of hydrogen-bond acceptors (Lipinski definition) is 2. The zero-order valence-corrected chi connectivity index (χ0v) is 11.6. The molecule has 3 nitrogen and oxygen atoms in total. The van der Waals surface area contributed by atoms with Crippen molar-refractivity contribution in [3.63, 3.8) is 0 Å². The second kappa shape index (κ2) is 7.51. The van der Waals surface area contributed by atoms with Crippen LogP contribution in [-0.2, 0) is 11.3 Å². The van der Waals surface area contributed by atoms with Crippen LogP contribution in [0.25, 0.3) is 0 Å². The van der Waals surface area contributed by atoms with Crippen LogP contribution < -0.4 is 5.32 Å². The summed E-state index contributed by atoms with van der Waals surface area (Å²) >= 11 is 0. The van der Waals surface area contributed by atoms with Crippen LogP contribution in [0, 0.1) is 5.92 Å². The topological polar surface area (TPSA) is 26.2 Å². The Hall–Kier alpha value is -0.800. The van der Waals surface area contributed by atoms with Crippen LogP contribution in [0.15, 0.2) is 18.5 Å². The molecule has 0 saturated heterocycles. The second-order valence-electron chi connectivity index (χ2n) is 4.89. The van der Waals surface area contributed by atoms with Gasteiger partial charge in [-0.3, -0.25) is 0 Å². The maximum Gasteiger partial charge on any atom is 0.0462 e. The fourth-order valence-electron chi connectivity index (χ4n) is 2.21. The molecule has 98 valence electrons. The van der Waals surface area contributed by atoms with E-state index in [0.717, 1.165) is 19.6 Å². The summed E-state index contributed by atoms with van der Waals surface area (Å²) in [6.07, 6.45) is 6.74. The van der Waals surface area contributed by atoms with Crippen molar-refractivity contribution < 1.29 is 4.74 Å². The van der Waals surface area contributed by atoms with Crippen LogP contribution in [0.1, 0.15) is 38.3 Å². The van der Waals surface area contributed by atoms with Gasteiger partial charge in [-0.05, 0) is 37.4 Å². The Morgan fingerprint density at radius 3 is 2.71 bits per heavy atom. The Kier molecular flexibility index (Phi) is 6.30. The van der Waals surface area contributed by atoms with E-state index < -0.39 is 0 Å². The summed E-state index contributed by atoms with van der Waals surface area (Å²) < 4.78 is 7.33. The largest absolute Gasteiger partial charge is 0.385 e. The van der Waals surface area contributed by atoms with Crippen molar-refractivity contribution >= 4 is 0 Å². The minimum atomic E-state index is 0.454. The van der Waals surface area contributed by atoms with E-state index in [0.29, 0.717) is 12.0 Å². The molecule has 0 radical (unpaired) electrons. The third-order valence-electron chi connectivity index (χ3n) is 3.12. The normalized spacial score (nSPS) is 13.2. The van der Waals surface area contributed by atoms with Crippen molar-refractivity contribution in [2.24, 2.45) is 5.92 Å². The lowest BCUT2D eigenvalue weighted by atomic mass is 9.99. The number of hydrogen-bond donors (Lipinski definition) is 1. The summed E-state index contributed by atoms with van der Waals surface area (Å²) in [4.78, 5) is 0. The van der Waals surface area contributed by atoms with Crippen LogP contribution >= 0.6 is 0 Å². The van der Waals surface area contributed by atoms with Crippen LogP contribution in [-0.4, -0.2) is 25.3 Å². The fraction of sp³-hybridized carbons (Fsp3) is 0.714. The van der Waals surface area contributed by atoms with Crippen molar-refractivity contribution in [1.82, 2.24) is 9.88 Å². The number of methoxy groups -OCH3 is 1. The van der Waals surface area contributed by atoms with Gasteiger partial charge in [0.1, 0.15) is 0 Å². The highest BCUT2D eigenvalue weighted by Gasteiger charge is 2.14. The molecule has 1 unspecified atom stereocenters. The van der Waals surface area contributed by atoms with E-state index in [-0.39, 0.29) is 0 Å². The van der Waals surface area contributed by atoms with Gasteiger partial charge in [-0.25, -0.2) is 0 Å². The zero-order chi connectivity index (χ0) is 12.7. The fourth-order valence-corrected chi connectivity index (χ4v) is 2.21. The van der Waals surface area contributed by atoms with E-state index in [4.69, 9.17) is 4.74 Å². The highest BCUT2D eigenvalue weighted by atomic mass is 16.5.